The van der Waals surface area contributed by atoms with Gasteiger partial charge < -0.3 is 4.74 Å². The number of benzene rings is 2. The number of hydrogen-bond acceptors (Lipinski definition) is 2. The highest BCUT2D eigenvalue weighted by molar-refractivity contribution is 5.30. The molecule has 0 radical (unpaired) electrons. The maximum Gasteiger partial charge on any atom is 0.416 e. The molecule has 3 rings (SSSR count). The highest BCUT2D eigenvalue weighted by Gasteiger charge is 2.30. The minimum Gasteiger partial charge on any atom is -0.497 e. The molecule has 2 aromatic carbocycles. The van der Waals surface area contributed by atoms with Gasteiger partial charge in [0.2, 0.25) is 0 Å². The molecule has 0 unspecified atom stereocenters. The summed E-state index contributed by atoms with van der Waals surface area (Å²) >= 11 is 0. The molecule has 0 bridgehead atoms. The highest BCUT2D eigenvalue weighted by Crippen LogP contribution is 2.34. The Kier molecular flexibility index (Phi) is 4.81. The van der Waals surface area contributed by atoms with Gasteiger partial charge in [0.05, 0.1) is 12.7 Å². The fourth-order valence-electron chi connectivity index (χ4n) is 3.25. The van der Waals surface area contributed by atoms with Gasteiger partial charge in [-0.2, -0.15) is 13.2 Å². The van der Waals surface area contributed by atoms with Crippen LogP contribution >= 0.6 is 0 Å². The molecule has 2 nitrogen and oxygen atoms in total. The van der Waals surface area contributed by atoms with Crippen LogP contribution in [0.1, 0.15) is 35.6 Å². The second kappa shape index (κ2) is 6.85. The molecule has 1 atom stereocenters. The first kappa shape index (κ1) is 16.8. The third-order valence-electron chi connectivity index (χ3n) is 4.53. The normalized spacial score (nSPS) is 18.8. The molecule has 1 saturated heterocycles. The maximum atomic E-state index is 12.6. The molecule has 1 fully saturated rings. The Morgan fingerprint density at radius 1 is 1.04 bits per heavy atom. The van der Waals surface area contributed by atoms with Gasteiger partial charge in [0.1, 0.15) is 5.75 Å². The number of nitrogens with zero attached hydrogens (tertiary/aromatic N) is 1. The van der Waals surface area contributed by atoms with Crippen molar-refractivity contribution in [2.45, 2.75) is 31.6 Å². The summed E-state index contributed by atoms with van der Waals surface area (Å²) in [5, 5.41) is 0. The average Bonchev–Trinajstić information content (AvgIpc) is 3.03. The summed E-state index contributed by atoms with van der Waals surface area (Å²) in [5.41, 5.74) is 1.53. The molecule has 1 heterocycles. The first-order valence-corrected chi connectivity index (χ1v) is 8.01. The highest BCUT2D eigenvalue weighted by atomic mass is 19.4. The quantitative estimate of drug-likeness (QED) is 0.775. The summed E-state index contributed by atoms with van der Waals surface area (Å²) in [4.78, 5) is 2.32. The zero-order valence-electron chi connectivity index (χ0n) is 13.5. The van der Waals surface area contributed by atoms with Crippen LogP contribution in [-0.2, 0) is 12.7 Å². The van der Waals surface area contributed by atoms with Crippen molar-refractivity contribution in [1.82, 2.24) is 4.90 Å². The van der Waals surface area contributed by atoms with Gasteiger partial charge >= 0.3 is 6.18 Å². The Morgan fingerprint density at radius 3 is 2.29 bits per heavy atom. The van der Waals surface area contributed by atoms with E-state index in [9.17, 15) is 13.2 Å². The van der Waals surface area contributed by atoms with Crippen molar-refractivity contribution in [2.75, 3.05) is 13.7 Å². The Labute approximate surface area is 139 Å². The number of hydrogen-bond donors (Lipinski definition) is 0. The van der Waals surface area contributed by atoms with Crippen LogP contribution in [0.4, 0.5) is 13.2 Å². The summed E-state index contributed by atoms with van der Waals surface area (Å²) in [6.07, 6.45) is -2.12. The molecule has 1 aliphatic rings. The molecule has 0 spiro atoms. The van der Waals surface area contributed by atoms with Crippen LogP contribution in [0.2, 0.25) is 0 Å². The predicted octanol–water partition coefficient (Wildman–Crippen LogP) is 5.05. The lowest BCUT2D eigenvalue weighted by Crippen LogP contribution is -2.22. The van der Waals surface area contributed by atoms with Crippen LogP contribution in [0.5, 0.6) is 5.75 Å². The fraction of sp³-hybridized carbons (Fsp3) is 0.368. The van der Waals surface area contributed by atoms with Gasteiger partial charge in [-0.25, -0.2) is 0 Å². The minimum absolute atomic E-state index is 0.304. The first-order valence-electron chi connectivity index (χ1n) is 8.01. The number of alkyl halides is 3. The summed E-state index contributed by atoms with van der Waals surface area (Å²) in [5.74, 6) is 0.825. The molecular weight excluding hydrogens is 315 g/mol. The second-order valence-corrected chi connectivity index (χ2v) is 6.10. The van der Waals surface area contributed by atoms with E-state index in [4.69, 9.17) is 4.74 Å². The lowest BCUT2D eigenvalue weighted by molar-refractivity contribution is -0.137. The molecule has 5 heteroatoms. The molecule has 1 aliphatic heterocycles. The Balaban J connectivity index is 1.71. The smallest absolute Gasteiger partial charge is 0.416 e. The van der Waals surface area contributed by atoms with E-state index in [0.717, 1.165) is 42.8 Å². The zero-order valence-corrected chi connectivity index (χ0v) is 13.5. The SMILES string of the molecule is COc1ccc([C@@H]2CCCN2Cc2ccc(C(F)(F)F)cc2)cc1. The van der Waals surface area contributed by atoms with Crippen molar-refractivity contribution in [2.24, 2.45) is 0 Å². The minimum atomic E-state index is -4.28. The van der Waals surface area contributed by atoms with Crippen molar-refractivity contribution in [3.63, 3.8) is 0 Å². The summed E-state index contributed by atoms with van der Waals surface area (Å²) in [6.45, 7) is 1.62. The van der Waals surface area contributed by atoms with Crippen LogP contribution in [-0.4, -0.2) is 18.6 Å². The number of methoxy groups -OCH3 is 1. The molecule has 24 heavy (non-hydrogen) atoms. The maximum absolute atomic E-state index is 12.6. The van der Waals surface area contributed by atoms with Crippen molar-refractivity contribution in [3.05, 3.63) is 65.2 Å². The second-order valence-electron chi connectivity index (χ2n) is 6.10. The van der Waals surface area contributed by atoms with Crippen LogP contribution in [0.25, 0.3) is 0 Å². The van der Waals surface area contributed by atoms with E-state index in [-0.39, 0.29) is 0 Å². The van der Waals surface area contributed by atoms with E-state index in [1.807, 2.05) is 12.1 Å². The van der Waals surface area contributed by atoms with Gasteiger partial charge in [0, 0.05) is 12.6 Å². The van der Waals surface area contributed by atoms with Gasteiger partial charge in [0.25, 0.3) is 0 Å². The van der Waals surface area contributed by atoms with Crippen molar-refractivity contribution in [3.8, 4) is 5.75 Å². The summed E-state index contributed by atoms with van der Waals surface area (Å²) in [7, 11) is 1.64. The third-order valence-corrected chi connectivity index (χ3v) is 4.53. The average molecular weight is 335 g/mol. The van der Waals surface area contributed by atoms with Crippen LogP contribution in [0, 0.1) is 0 Å². The van der Waals surface area contributed by atoms with Crippen molar-refractivity contribution in [1.29, 1.82) is 0 Å². The van der Waals surface area contributed by atoms with Gasteiger partial charge in [-0.05, 0) is 54.8 Å². The topological polar surface area (TPSA) is 12.5 Å². The van der Waals surface area contributed by atoms with Crippen LogP contribution in [0.15, 0.2) is 48.5 Å². The van der Waals surface area contributed by atoms with Crippen molar-refractivity contribution >= 4 is 0 Å². The standard InChI is InChI=1S/C19H20F3NO/c1-24-17-10-6-15(7-11-17)18-3-2-12-23(18)13-14-4-8-16(9-5-14)19(20,21)22/h4-11,18H,2-3,12-13H2,1H3/t18-/m0/s1. The van der Waals surface area contributed by atoms with E-state index in [2.05, 4.69) is 17.0 Å². The van der Waals surface area contributed by atoms with Gasteiger partial charge in [-0.3, -0.25) is 4.90 Å². The number of ether oxygens (including phenoxy) is 1. The third kappa shape index (κ3) is 3.73. The lowest BCUT2D eigenvalue weighted by Gasteiger charge is -2.25. The fourth-order valence-corrected chi connectivity index (χ4v) is 3.25. The Bertz CT molecular complexity index is 665. The predicted molar refractivity (Wildman–Crippen MR) is 86.8 cm³/mol. The largest absolute Gasteiger partial charge is 0.497 e. The van der Waals surface area contributed by atoms with E-state index < -0.39 is 11.7 Å². The van der Waals surface area contributed by atoms with E-state index in [1.165, 1.54) is 5.56 Å². The molecular formula is C19H20F3NO. The van der Waals surface area contributed by atoms with Crippen molar-refractivity contribution < 1.29 is 17.9 Å². The first-order chi connectivity index (χ1) is 11.5. The molecule has 0 saturated carbocycles. The molecule has 2 aromatic rings. The molecule has 0 N–H and O–H groups in total. The number of likely N-dealkylation sites (tertiary alicyclic amines) is 1. The van der Waals surface area contributed by atoms with E-state index >= 15 is 0 Å². The molecule has 0 amide bonds. The number of rotatable bonds is 4. The van der Waals surface area contributed by atoms with Crippen LogP contribution in [0.3, 0.4) is 0 Å². The Morgan fingerprint density at radius 2 is 1.71 bits per heavy atom. The zero-order chi connectivity index (χ0) is 17.2. The van der Waals surface area contributed by atoms with Gasteiger partial charge in [-0.1, -0.05) is 24.3 Å². The lowest BCUT2D eigenvalue weighted by atomic mass is 10.0. The van der Waals surface area contributed by atoms with E-state index in [0.29, 0.717) is 12.6 Å². The molecule has 0 aliphatic carbocycles. The molecule has 128 valence electrons. The van der Waals surface area contributed by atoms with Gasteiger partial charge in [0.15, 0.2) is 0 Å². The summed E-state index contributed by atoms with van der Waals surface area (Å²) < 4.78 is 43.1. The number of halogens is 3. The van der Waals surface area contributed by atoms with Crippen LogP contribution < -0.4 is 4.74 Å². The van der Waals surface area contributed by atoms with E-state index in [1.54, 1.807) is 19.2 Å². The summed E-state index contributed by atoms with van der Waals surface area (Å²) in [6, 6.07) is 13.8. The Hall–Kier alpha value is -2.01. The van der Waals surface area contributed by atoms with Gasteiger partial charge in [-0.15, -0.1) is 0 Å². The monoisotopic (exact) mass is 335 g/mol. The molecule has 0 aromatic heterocycles.